The van der Waals surface area contributed by atoms with Crippen molar-refractivity contribution < 1.29 is 0 Å². The fourth-order valence-electron chi connectivity index (χ4n) is 1.82. The molecule has 1 unspecified atom stereocenters. The van der Waals surface area contributed by atoms with Gasteiger partial charge in [0.25, 0.3) is 0 Å². The van der Waals surface area contributed by atoms with Crippen LogP contribution < -0.4 is 10.4 Å². The van der Waals surface area contributed by atoms with Gasteiger partial charge in [0, 0.05) is 35.5 Å². The second-order valence-electron chi connectivity index (χ2n) is 3.71. The van der Waals surface area contributed by atoms with E-state index in [4.69, 9.17) is 0 Å². The summed E-state index contributed by atoms with van der Waals surface area (Å²) < 4.78 is 0. The first-order valence-corrected chi connectivity index (χ1v) is 4.66. The normalized spacial score (nSPS) is 19.4. The van der Waals surface area contributed by atoms with Gasteiger partial charge in [-0.05, 0) is 22.9 Å². The average molecular weight is 193 g/mol. The van der Waals surface area contributed by atoms with Crippen LogP contribution in [0.1, 0.15) is 13.8 Å². The maximum atomic E-state index is 4.07. The van der Waals surface area contributed by atoms with Crippen molar-refractivity contribution in [1.82, 2.24) is 0 Å². The Labute approximate surface area is 107 Å². The van der Waals surface area contributed by atoms with Crippen LogP contribution in [-0.2, 0) is 0 Å². The molecule has 0 fully saturated rings. The van der Waals surface area contributed by atoms with Gasteiger partial charge in [-0.25, -0.2) is 0 Å². The number of hydrogen-bond donors (Lipinski definition) is 0. The molecule has 2 rings (SSSR count). The Kier molecular flexibility index (Phi) is 3.77. The summed E-state index contributed by atoms with van der Waals surface area (Å²) in [6.07, 6.45) is 2.19. The van der Waals surface area contributed by atoms with Crippen molar-refractivity contribution in [1.29, 1.82) is 0 Å². The Balaban J connectivity index is 0.000000980. The Bertz CT molecular complexity index is 468. The van der Waals surface area contributed by atoms with Crippen LogP contribution in [0.25, 0.3) is 11.6 Å². The molecule has 1 radical (unpaired) electrons. The number of benzene rings is 1. The molecule has 0 saturated heterocycles. The minimum Gasteiger partial charge on any atom is -0.0952 e. The second kappa shape index (κ2) is 4.48. The summed E-state index contributed by atoms with van der Waals surface area (Å²) in [5, 5.41) is 2.69. The molecular weight excluding hydrogens is 179 g/mol. The molecule has 14 heavy (non-hydrogen) atoms. The van der Waals surface area contributed by atoms with E-state index in [0.29, 0.717) is 5.92 Å². The zero-order valence-electron chi connectivity index (χ0n) is 9.17. The third-order valence-electron chi connectivity index (χ3n) is 2.93. The van der Waals surface area contributed by atoms with Crippen LogP contribution in [0.15, 0.2) is 36.4 Å². The smallest absolute Gasteiger partial charge is 0.00206 e. The van der Waals surface area contributed by atoms with Crippen LogP contribution in [-0.4, -0.2) is 29.6 Å². The fourth-order valence-corrected chi connectivity index (χ4v) is 1.82. The minimum atomic E-state index is 0. The van der Waals surface area contributed by atoms with Gasteiger partial charge in [0.05, 0.1) is 0 Å². The summed E-state index contributed by atoms with van der Waals surface area (Å²) in [5.74, 6) is 0.495. The first kappa shape index (κ1) is 11.8. The monoisotopic (exact) mass is 193 g/mol. The second-order valence-corrected chi connectivity index (χ2v) is 3.71. The van der Waals surface area contributed by atoms with Gasteiger partial charge < -0.3 is 0 Å². The van der Waals surface area contributed by atoms with Gasteiger partial charge in [-0.1, -0.05) is 49.4 Å². The van der Waals surface area contributed by atoms with Crippen LogP contribution in [0.3, 0.4) is 0 Å². The molecule has 67 valence electrons. The van der Waals surface area contributed by atoms with E-state index in [1.54, 1.807) is 0 Å². The Hall–Kier alpha value is -0.300. The molecule has 1 aliphatic rings. The van der Waals surface area contributed by atoms with E-state index >= 15 is 0 Å². The zero-order chi connectivity index (χ0) is 9.42. The van der Waals surface area contributed by atoms with Crippen LogP contribution in [0.4, 0.5) is 0 Å². The Morgan fingerprint density at radius 1 is 1.21 bits per heavy atom. The Morgan fingerprint density at radius 2 is 1.86 bits per heavy atom. The molecule has 1 aromatic rings. The maximum absolute atomic E-state index is 4.07. The van der Waals surface area contributed by atoms with Gasteiger partial charge >= 0.3 is 0 Å². The van der Waals surface area contributed by atoms with Crippen molar-refractivity contribution in [2.45, 2.75) is 13.8 Å². The average Bonchev–Trinajstić information content (AvgIpc) is 2.15. The summed E-state index contributed by atoms with van der Waals surface area (Å²) in [7, 11) is 0. The van der Waals surface area contributed by atoms with Gasteiger partial charge in [0.1, 0.15) is 0 Å². The predicted molar refractivity (Wildman–Crippen MR) is 63.3 cm³/mol. The molecule has 0 saturated carbocycles. The van der Waals surface area contributed by atoms with Crippen LogP contribution >= 0.6 is 0 Å². The van der Waals surface area contributed by atoms with E-state index < -0.39 is 0 Å². The topological polar surface area (TPSA) is 0 Å². The predicted octanol–water partition coefficient (Wildman–Crippen LogP) is 1.46. The zero-order valence-corrected chi connectivity index (χ0v) is 11.2. The fraction of sp³-hybridized carbons (Fsp3) is 0.231. The van der Waals surface area contributed by atoms with Crippen molar-refractivity contribution in [3.05, 3.63) is 46.9 Å². The molecule has 0 aliphatic heterocycles. The summed E-state index contributed by atoms with van der Waals surface area (Å²) in [6, 6.07) is 8.50. The summed E-state index contributed by atoms with van der Waals surface area (Å²) >= 11 is 0. The summed E-state index contributed by atoms with van der Waals surface area (Å²) in [5.41, 5.74) is 2.65. The van der Waals surface area contributed by atoms with Crippen LogP contribution in [0.2, 0.25) is 0 Å². The van der Waals surface area contributed by atoms with E-state index in [1.807, 2.05) is 0 Å². The molecule has 0 amide bonds. The third-order valence-corrected chi connectivity index (χ3v) is 2.93. The van der Waals surface area contributed by atoms with Gasteiger partial charge in [-0.15, -0.1) is 0 Å². The van der Waals surface area contributed by atoms with Gasteiger partial charge in [0.2, 0.25) is 0 Å². The van der Waals surface area contributed by atoms with Crippen molar-refractivity contribution in [3.63, 3.8) is 0 Å². The molecule has 1 heteroatoms. The molecule has 1 aliphatic carbocycles. The van der Waals surface area contributed by atoms with Gasteiger partial charge in [-0.2, -0.15) is 0 Å². The number of rotatable bonds is 0. The summed E-state index contributed by atoms with van der Waals surface area (Å²) in [4.78, 5) is 0. The van der Waals surface area contributed by atoms with Crippen LogP contribution in [0, 0.1) is 5.92 Å². The third kappa shape index (κ3) is 1.88. The molecule has 0 bridgehead atoms. The maximum Gasteiger partial charge on any atom is 0.00206 e. The standard InChI is InChI=1S/C13H14.Na/c1-9-8-12-6-4-5-7-13(12)11(3)10(9)2;/h4-8,10H,1H2,2-3H3;. The molecule has 1 aromatic carbocycles. The van der Waals surface area contributed by atoms with Crippen molar-refractivity contribution in [2.24, 2.45) is 5.92 Å². The van der Waals surface area contributed by atoms with Gasteiger partial charge in [-0.3, -0.25) is 0 Å². The molecule has 0 spiro atoms. The molecule has 0 heterocycles. The van der Waals surface area contributed by atoms with Crippen molar-refractivity contribution in [2.75, 3.05) is 0 Å². The van der Waals surface area contributed by atoms with Crippen molar-refractivity contribution >= 4 is 41.2 Å². The molecule has 0 nitrogen and oxygen atoms in total. The largest absolute Gasteiger partial charge is 0.0952 e. The summed E-state index contributed by atoms with van der Waals surface area (Å²) in [6.45, 7) is 8.48. The minimum absolute atomic E-state index is 0. The molecular formula is C13H14Na. The molecule has 0 aromatic heterocycles. The first-order valence-electron chi connectivity index (χ1n) is 4.66. The molecule has 1 atom stereocenters. The van der Waals surface area contributed by atoms with Gasteiger partial charge in [0.15, 0.2) is 0 Å². The van der Waals surface area contributed by atoms with E-state index in [1.165, 1.54) is 21.6 Å². The quantitative estimate of drug-likeness (QED) is 0.547. The van der Waals surface area contributed by atoms with E-state index in [0.717, 1.165) is 0 Å². The number of hydrogen-bond acceptors (Lipinski definition) is 0. The number of fused-ring (bicyclic) bond motifs is 1. The molecule has 0 N–H and O–H groups in total. The van der Waals surface area contributed by atoms with E-state index in [9.17, 15) is 0 Å². The van der Waals surface area contributed by atoms with Crippen molar-refractivity contribution in [3.8, 4) is 0 Å². The van der Waals surface area contributed by atoms with Crippen LogP contribution in [0.5, 0.6) is 0 Å². The first-order chi connectivity index (χ1) is 6.20. The van der Waals surface area contributed by atoms with E-state index in [-0.39, 0.29) is 29.6 Å². The SMILES string of the molecule is C=C1C=c2ccccc2=C(C)C1C.[Na]. The number of allylic oxidation sites excluding steroid dienone is 1. The Morgan fingerprint density at radius 3 is 2.57 bits per heavy atom. The van der Waals surface area contributed by atoms with E-state index in [2.05, 4.69) is 50.8 Å².